The SMILES string of the molecule is CC1COC(Cc2cccc(C(F)(F)F)c2)N1.Cl. The van der Waals surface area contributed by atoms with Gasteiger partial charge >= 0.3 is 6.18 Å². The van der Waals surface area contributed by atoms with Crippen molar-refractivity contribution in [1.82, 2.24) is 5.32 Å². The molecule has 1 aromatic rings. The van der Waals surface area contributed by atoms with Crippen LogP contribution in [0.25, 0.3) is 0 Å². The Morgan fingerprint density at radius 2 is 2.11 bits per heavy atom. The lowest BCUT2D eigenvalue weighted by atomic mass is 10.1. The predicted octanol–water partition coefficient (Wildman–Crippen LogP) is 3.00. The summed E-state index contributed by atoms with van der Waals surface area (Å²) in [5, 5.41) is 3.16. The van der Waals surface area contributed by atoms with Crippen LogP contribution in [0.3, 0.4) is 0 Å². The number of benzene rings is 1. The third-order valence-electron chi connectivity index (χ3n) is 2.69. The first-order valence-corrected chi connectivity index (χ1v) is 5.49. The van der Waals surface area contributed by atoms with Crippen LogP contribution in [0, 0.1) is 0 Å². The van der Waals surface area contributed by atoms with Gasteiger partial charge in [-0.15, -0.1) is 12.4 Å². The van der Waals surface area contributed by atoms with Crippen LogP contribution in [0.15, 0.2) is 24.3 Å². The lowest BCUT2D eigenvalue weighted by Crippen LogP contribution is -2.29. The Balaban J connectivity index is 0.00000162. The molecule has 0 radical (unpaired) electrons. The van der Waals surface area contributed by atoms with E-state index in [-0.39, 0.29) is 24.7 Å². The molecule has 1 aliphatic heterocycles. The highest BCUT2D eigenvalue weighted by Crippen LogP contribution is 2.29. The van der Waals surface area contributed by atoms with Gasteiger partial charge < -0.3 is 4.74 Å². The number of ether oxygens (including phenoxy) is 1. The van der Waals surface area contributed by atoms with Crippen molar-refractivity contribution in [2.24, 2.45) is 0 Å². The van der Waals surface area contributed by atoms with Crippen molar-refractivity contribution in [3.05, 3.63) is 35.4 Å². The van der Waals surface area contributed by atoms with Gasteiger partial charge in [0.25, 0.3) is 0 Å². The van der Waals surface area contributed by atoms with E-state index in [1.165, 1.54) is 12.1 Å². The van der Waals surface area contributed by atoms with Gasteiger partial charge in [-0.3, -0.25) is 5.32 Å². The number of alkyl halides is 3. The molecule has 1 aliphatic rings. The van der Waals surface area contributed by atoms with Gasteiger partial charge in [0.15, 0.2) is 0 Å². The van der Waals surface area contributed by atoms with E-state index < -0.39 is 11.7 Å². The maximum absolute atomic E-state index is 12.5. The number of rotatable bonds is 2. The van der Waals surface area contributed by atoms with Crippen LogP contribution in [0.4, 0.5) is 13.2 Å². The van der Waals surface area contributed by atoms with Gasteiger partial charge in [0.2, 0.25) is 0 Å². The second kappa shape index (κ2) is 5.91. The first-order chi connectivity index (χ1) is 7.95. The molecule has 18 heavy (non-hydrogen) atoms. The molecule has 1 heterocycles. The molecule has 2 rings (SSSR count). The first kappa shape index (κ1) is 15.3. The molecule has 0 aromatic heterocycles. The van der Waals surface area contributed by atoms with Crippen molar-refractivity contribution in [3.63, 3.8) is 0 Å². The lowest BCUT2D eigenvalue weighted by molar-refractivity contribution is -0.137. The summed E-state index contributed by atoms with van der Waals surface area (Å²) >= 11 is 0. The van der Waals surface area contributed by atoms with Crippen LogP contribution in [0.5, 0.6) is 0 Å². The summed E-state index contributed by atoms with van der Waals surface area (Å²) < 4.78 is 42.9. The van der Waals surface area contributed by atoms with E-state index in [1.54, 1.807) is 6.07 Å². The molecule has 1 N–H and O–H groups in total. The zero-order chi connectivity index (χ0) is 12.5. The molecule has 0 aliphatic carbocycles. The monoisotopic (exact) mass is 281 g/mol. The van der Waals surface area contributed by atoms with Crippen molar-refractivity contribution in [2.75, 3.05) is 6.61 Å². The fourth-order valence-electron chi connectivity index (χ4n) is 1.88. The van der Waals surface area contributed by atoms with Crippen LogP contribution in [0.2, 0.25) is 0 Å². The Morgan fingerprint density at radius 1 is 1.39 bits per heavy atom. The second-order valence-corrected chi connectivity index (χ2v) is 4.29. The molecule has 1 fully saturated rings. The molecular formula is C12H15ClF3NO. The molecule has 1 aromatic carbocycles. The van der Waals surface area contributed by atoms with E-state index >= 15 is 0 Å². The van der Waals surface area contributed by atoms with E-state index in [9.17, 15) is 13.2 Å². The van der Waals surface area contributed by atoms with E-state index in [4.69, 9.17) is 4.74 Å². The minimum atomic E-state index is -4.28. The molecule has 0 bridgehead atoms. The van der Waals surface area contributed by atoms with E-state index in [1.807, 2.05) is 6.92 Å². The van der Waals surface area contributed by atoms with Gasteiger partial charge in [-0.1, -0.05) is 18.2 Å². The molecule has 0 amide bonds. The molecule has 6 heteroatoms. The van der Waals surface area contributed by atoms with Gasteiger partial charge in [0, 0.05) is 12.5 Å². The summed E-state index contributed by atoms with van der Waals surface area (Å²) in [6.07, 6.45) is -4.02. The van der Waals surface area contributed by atoms with Crippen LogP contribution in [-0.4, -0.2) is 18.9 Å². The summed E-state index contributed by atoms with van der Waals surface area (Å²) in [6.45, 7) is 2.58. The standard InChI is InChI=1S/C12H14F3NO.ClH/c1-8-7-17-11(16-8)6-9-3-2-4-10(5-9)12(13,14)15;/h2-5,8,11,16H,6-7H2,1H3;1H. The normalized spacial score (nSPS) is 23.8. The maximum atomic E-state index is 12.5. The van der Waals surface area contributed by atoms with Gasteiger partial charge in [0.05, 0.1) is 12.2 Å². The molecule has 102 valence electrons. The van der Waals surface area contributed by atoms with Crippen molar-refractivity contribution < 1.29 is 17.9 Å². The summed E-state index contributed by atoms with van der Waals surface area (Å²) in [7, 11) is 0. The van der Waals surface area contributed by atoms with Crippen LogP contribution in [-0.2, 0) is 17.3 Å². The molecule has 2 atom stereocenters. The summed E-state index contributed by atoms with van der Waals surface area (Å²) in [5.41, 5.74) is 0.0208. The Morgan fingerprint density at radius 3 is 2.67 bits per heavy atom. The third-order valence-corrected chi connectivity index (χ3v) is 2.69. The fraction of sp³-hybridized carbons (Fsp3) is 0.500. The van der Waals surface area contributed by atoms with Gasteiger partial charge in [0.1, 0.15) is 6.23 Å². The van der Waals surface area contributed by atoms with Gasteiger partial charge in [-0.05, 0) is 18.6 Å². The first-order valence-electron chi connectivity index (χ1n) is 5.49. The summed E-state index contributed by atoms with van der Waals surface area (Å²) in [4.78, 5) is 0. The summed E-state index contributed by atoms with van der Waals surface area (Å²) in [6, 6.07) is 5.62. The minimum Gasteiger partial charge on any atom is -0.361 e. The minimum absolute atomic E-state index is 0. The number of nitrogens with one attached hydrogen (secondary N) is 1. The highest BCUT2D eigenvalue weighted by Gasteiger charge is 2.30. The number of hydrogen-bond acceptors (Lipinski definition) is 2. The Kier molecular flexibility index (Phi) is 5.01. The van der Waals surface area contributed by atoms with Crippen molar-refractivity contribution in [2.45, 2.75) is 31.8 Å². The summed E-state index contributed by atoms with van der Waals surface area (Å²) in [5.74, 6) is 0. The predicted molar refractivity (Wildman–Crippen MR) is 64.7 cm³/mol. The molecular weight excluding hydrogens is 267 g/mol. The maximum Gasteiger partial charge on any atom is 0.416 e. The zero-order valence-electron chi connectivity index (χ0n) is 9.83. The zero-order valence-corrected chi connectivity index (χ0v) is 10.6. The highest BCUT2D eigenvalue weighted by atomic mass is 35.5. The third kappa shape index (κ3) is 3.86. The fourth-order valence-corrected chi connectivity index (χ4v) is 1.88. The average Bonchev–Trinajstić information content (AvgIpc) is 2.63. The molecule has 2 nitrogen and oxygen atoms in total. The molecule has 2 unspecified atom stereocenters. The number of halogens is 4. The smallest absolute Gasteiger partial charge is 0.361 e. The van der Waals surface area contributed by atoms with Crippen molar-refractivity contribution in [1.29, 1.82) is 0 Å². The second-order valence-electron chi connectivity index (χ2n) is 4.29. The van der Waals surface area contributed by atoms with Gasteiger partial charge in [-0.25, -0.2) is 0 Å². The number of hydrogen-bond donors (Lipinski definition) is 1. The van der Waals surface area contributed by atoms with E-state index in [2.05, 4.69) is 5.32 Å². The quantitative estimate of drug-likeness (QED) is 0.900. The Hall–Kier alpha value is -0.780. The topological polar surface area (TPSA) is 21.3 Å². The van der Waals surface area contributed by atoms with Crippen molar-refractivity contribution >= 4 is 12.4 Å². The van der Waals surface area contributed by atoms with Crippen LogP contribution >= 0.6 is 12.4 Å². The largest absolute Gasteiger partial charge is 0.416 e. The van der Waals surface area contributed by atoms with Gasteiger partial charge in [-0.2, -0.15) is 13.2 Å². The van der Waals surface area contributed by atoms with Crippen molar-refractivity contribution in [3.8, 4) is 0 Å². The lowest BCUT2D eigenvalue weighted by Gasteiger charge is -2.12. The average molecular weight is 282 g/mol. The van der Waals surface area contributed by atoms with Crippen LogP contribution < -0.4 is 5.32 Å². The molecule has 0 spiro atoms. The van der Waals surface area contributed by atoms with E-state index in [0.29, 0.717) is 18.6 Å². The highest BCUT2D eigenvalue weighted by molar-refractivity contribution is 5.85. The Labute approximate surface area is 110 Å². The molecule has 0 saturated carbocycles. The van der Waals surface area contributed by atoms with E-state index in [0.717, 1.165) is 6.07 Å². The Bertz CT molecular complexity index is 397. The molecule has 1 saturated heterocycles. The van der Waals surface area contributed by atoms with Crippen LogP contribution in [0.1, 0.15) is 18.1 Å².